The summed E-state index contributed by atoms with van der Waals surface area (Å²) in [5, 5.41) is 0. The van der Waals surface area contributed by atoms with Gasteiger partial charge in [-0.3, -0.25) is 4.99 Å². The maximum absolute atomic E-state index is 5.37. The van der Waals surface area contributed by atoms with E-state index < -0.39 is 0 Å². The van der Waals surface area contributed by atoms with Gasteiger partial charge in [-0.15, -0.1) is 0 Å². The summed E-state index contributed by atoms with van der Waals surface area (Å²) in [6.07, 6.45) is 6.52. The molecular formula is C11H17NO. The summed E-state index contributed by atoms with van der Waals surface area (Å²) in [5.41, 5.74) is 1.50. The van der Waals surface area contributed by atoms with Gasteiger partial charge in [0.1, 0.15) is 0 Å². The number of ether oxygens (including phenoxy) is 1. The number of nitrogens with zero attached hydrogens (tertiary/aromatic N) is 1. The van der Waals surface area contributed by atoms with Gasteiger partial charge in [-0.2, -0.15) is 0 Å². The number of rotatable bonds is 1. The zero-order chi connectivity index (χ0) is 9.10. The van der Waals surface area contributed by atoms with E-state index in [-0.39, 0.29) is 0 Å². The highest BCUT2D eigenvalue weighted by molar-refractivity contribution is 5.73. The molecule has 0 aromatic heterocycles. The average Bonchev–Trinajstić information content (AvgIpc) is 2.20. The molecule has 2 nitrogen and oxygen atoms in total. The lowest BCUT2D eigenvalue weighted by Gasteiger charge is -2.31. The molecule has 13 heavy (non-hydrogen) atoms. The lowest BCUT2D eigenvalue weighted by Crippen LogP contribution is -2.27. The first kappa shape index (κ1) is 8.95. The third kappa shape index (κ3) is 1.99. The summed E-state index contributed by atoms with van der Waals surface area (Å²) in [6, 6.07) is 0. The van der Waals surface area contributed by atoms with Crippen molar-refractivity contribution < 1.29 is 4.74 Å². The van der Waals surface area contributed by atoms with Gasteiger partial charge in [0.05, 0.1) is 0 Å². The fourth-order valence-corrected chi connectivity index (χ4v) is 2.25. The number of aliphatic imine (C=N–C) groups is 1. The minimum atomic E-state index is 0.689. The molecule has 2 rings (SSSR count). The number of hydrogen-bond acceptors (Lipinski definition) is 2. The lowest BCUT2D eigenvalue weighted by atomic mass is 9.81. The Morgan fingerprint density at radius 3 is 2.85 bits per heavy atom. The van der Waals surface area contributed by atoms with Crippen LogP contribution in [0.2, 0.25) is 0 Å². The minimum absolute atomic E-state index is 0.689. The predicted molar refractivity (Wildman–Crippen MR) is 54.1 cm³/mol. The smallest absolute Gasteiger partial charge is 0.0468 e. The van der Waals surface area contributed by atoms with Crippen molar-refractivity contribution in [2.24, 2.45) is 16.8 Å². The summed E-state index contributed by atoms with van der Waals surface area (Å²) < 4.78 is 5.37. The van der Waals surface area contributed by atoms with Crippen LogP contribution in [0.15, 0.2) is 16.6 Å². The molecule has 0 aromatic rings. The molecule has 1 fully saturated rings. The molecule has 0 unspecified atom stereocenters. The molecule has 0 radical (unpaired) electrons. The average molecular weight is 179 g/mol. The fraction of sp³-hybridized carbons (Fsp3) is 0.727. The van der Waals surface area contributed by atoms with E-state index in [0.29, 0.717) is 5.92 Å². The van der Waals surface area contributed by atoms with Crippen LogP contribution >= 0.6 is 0 Å². The molecular weight excluding hydrogens is 162 g/mol. The van der Waals surface area contributed by atoms with Crippen molar-refractivity contribution in [2.45, 2.75) is 19.8 Å². The summed E-state index contributed by atoms with van der Waals surface area (Å²) in [6.45, 7) is 5.11. The topological polar surface area (TPSA) is 21.6 Å². The van der Waals surface area contributed by atoms with Crippen LogP contribution < -0.4 is 0 Å². The molecule has 0 aromatic carbocycles. The number of hydrogen-bond donors (Lipinski definition) is 0. The van der Waals surface area contributed by atoms with E-state index in [1.165, 1.54) is 18.4 Å². The summed E-state index contributed by atoms with van der Waals surface area (Å²) >= 11 is 0. The monoisotopic (exact) mass is 179 g/mol. The van der Waals surface area contributed by atoms with Crippen LogP contribution in [0, 0.1) is 11.8 Å². The van der Waals surface area contributed by atoms with Crippen LogP contribution in [0.4, 0.5) is 0 Å². The molecule has 1 atom stereocenters. The van der Waals surface area contributed by atoms with E-state index in [9.17, 15) is 0 Å². The van der Waals surface area contributed by atoms with Crippen molar-refractivity contribution in [3.05, 3.63) is 11.6 Å². The van der Waals surface area contributed by atoms with Crippen molar-refractivity contribution >= 4 is 6.21 Å². The molecule has 0 spiro atoms. The van der Waals surface area contributed by atoms with Crippen LogP contribution in [0.3, 0.4) is 0 Å². The van der Waals surface area contributed by atoms with E-state index in [1.807, 2.05) is 6.21 Å². The van der Waals surface area contributed by atoms with Gasteiger partial charge in [0, 0.05) is 31.9 Å². The lowest BCUT2D eigenvalue weighted by molar-refractivity contribution is 0.0532. The molecule has 2 heterocycles. The Balaban J connectivity index is 1.99. The van der Waals surface area contributed by atoms with Crippen LogP contribution in [0.25, 0.3) is 0 Å². The van der Waals surface area contributed by atoms with Gasteiger partial charge < -0.3 is 4.74 Å². The zero-order valence-electron chi connectivity index (χ0n) is 8.20. The molecule has 0 amide bonds. The molecule has 0 aliphatic carbocycles. The maximum atomic E-state index is 5.37. The summed E-state index contributed by atoms with van der Waals surface area (Å²) in [5.74, 6) is 1.50. The molecule has 2 aliphatic heterocycles. The maximum Gasteiger partial charge on any atom is 0.0468 e. The highest BCUT2D eigenvalue weighted by Crippen LogP contribution is 2.30. The van der Waals surface area contributed by atoms with Gasteiger partial charge in [-0.1, -0.05) is 5.57 Å². The first-order valence-corrected chi connectivity index (χ1v) is 5.12. The van der Waals surface area contributed by atoms with E-state index in [0.717, 1.165) is 25.7 Å². The van der Waals surface area contributed by atoms with Crippen molar-refractivity contribution in [1.82, 2.24) is 0 Å². The molecule has 1 saturated heterocycles. The zero-order valence-corrected chi connectivity index (χ0v) is 8.20. The highest BCUT2D eigenvalue weighted by atomic mass is 16.5. The number of dihydropyridines is 1. The first-order valence-electron chi connectivity index (χ1n) is 5.12. The summed E-state index contributed by atoms with van der Waals surface area (Å²) in [7, 11) is 0. The molecule has 2 heteroatoms. The fourth-order valence-electron chi connectivity index (χ4n) is 2.25. The number of allylic oxidation sites excluding steroid dienone is 1. The van der Waals surface area contributed by atoms with Gasteiger partial charge in [-0.05, 0) is 31.8 Å². The SMILES string of the molecule is CC1=CC=NC[C@@H]1C1CCOCC1. The molecule has 0 N–H and O–H groups in total. The standard InChI is InChI=1S/C11H17NO/c1-9-2-5-12-8-11(9)10-3-6-13-7-4-10/h2,5,10-11H,3-4,6-8H2,1H3/t11-/m0/s1. The first-order chi connectivity index (χ1) is 6.38. The molecule has 72 valence electrons. The third-order valence-electron chi connectivity index (χ3n) is 3.16. The van der Waals surface area contributed by atoms with Gasteiger partial charge in [0.2, 0.25) is 0 Å². The summed E-state index contributed by atoms with van der Waals surface area (Å²) in [4.78, 5) is 4.34. The third-order valence-corrected chi connectivity index (χ3v) is 3.16. The Bertz CT molecular complexity index is 226. The Labute approximate surface area is 79.7 Å². The van der Waals surface area contributed by atoms with Gasteiger partial charge in [-0.25, -0.2) is 0 Å². The minimum Gasteiger partial charge on any atom is -0.381 e. The molecule has 2 aliphatic rings. The van der Waals surface area contributed by atoms with Crippen molar-refractivity contribution in [2.75, 3.05) is 19.8 Å². The van der Waals surface area contributed by atoms with Crippen LogP contribution in [-0.2, 0) is 4.74 Å². The second-order valence-corrected chi connectivity index (χ2v) is 3.98. The van der Waals surface area contributed by atoms with Gasteiger partial charge in [0.25, 0.3) is 0 Å². The van der Waals surface area contributed by atoms with Crippen molar-refractivity contribution in [3.63, 3.8) is 0 Å². The van der Waals surface area contributed by atoms with E-state index in [4.69, 9.17) is 4.74 Å². The Morgan fingerprint density at radius 2 is 2.15 bits per heavy atom. The normalized spacial score (nSPS) is 30.2. The van der Waals surface area contributed by atoms with Crippen LogP contribution in [-0.4, -0.2) is 26.0 Å². The van der Waals surface area contributed by atoms with E-state index in [2.05, 4.69) is 18.0 Å². The molecule has 0 bridgehead atoms. The van der Waals surface area contributed by atoms with Crippen molar-refractivity contribution in [3.8, 4) is 0 Å². The van der Waals surface area contributed by atoms with Crippen molar-refractivity contribution in [1.29, 1.82) is 0 Å². The largest absolute Gasteiger partial charge is 0.381 e. The van der Waals surface area contributed by atoms with Gasteiger partial charge in [0.15, 0.2) is 0 Å². The van der Waals surface area contributed by atoms with Crippen LogP contribution in [0.5, 0.6) is 0 Å². The second-order valence-electron chi connectivity index (χ2n) is 3.98. The van der Waals surface area contributed by atoms with E-state index >= 15 is 0 Å². The Morgan fingerprint density at radius 1 is 1.38 bits per heavy atom. The van der Waals surface area contributed by atoms with E-state index in [1.54, 1.807) is 0 Å². The Kier molecular flexibility index (Phi) is 2.79. The quantitative estimate of drug-likeness (QED) is 0.603. The Hall–Kier alpha value is -0.630. The van der Waals surface area contributed by atoms with Gasteiger partial charge >= 0.3 is 0 Å². The highest BCUT2D eigenvalue weighted by Gasteiger charge is 2.25. The second kappa shape index (κ2) is 4.05. The van der Waals surface area contributed by atoms with Crippen LogP contribution in [0.1, 0.15) is 19.8 Å². The predicted octanol–water partition coefficient (Wildman–Crippen LogP) is 2.06. The molecule has 0 saturated carbocycles.